The Balaban J connectivity index is 1.60. The van der Waals surface area contributed by atoms with E-state index in [0.29, 0.717) is 6.04 Å². The molecule has 0 N–H and O–H groups in total. The monoisotopic (exact) mass is 344 g/mol. The molecule has 0 aromatic carbocycles. The van der Waals surface area contributed by atoms with Gasteiger partial charge in [0, 0.05) is 19.6 Å². The molecule has 0 saturated carbocycles. The number of rotatable bonds is 6. The number of aryl methyl sites for hydroxylation is 1. The lowest BCUT2D eigenvalue weighted by Gasteiger charge is -2.33. The van der Waals surface area contributed by atoms with Gasteiger partial charge in [-0.3, -0.25) is 4.90 Å². The van der Waals surface area contributed by atoms with Crippen molar-refractivity contribution in [3.05, 3.63) is 23.7 Å². The molecule has 3 rings (SSSR count). The number of furan rings is 1. The molecule has 25 heavy (non-hydrogen) atoms. The van der Waals surface area contributed by atoms with Crippen LogP contribution < -0.4 is 0 Å². The largest absolute Gasteiger partial charge is 0.464 e. The lowest BCUT2D eigenvalue weighted by molar-refractivity contribution is 0.0340. The van der Waals surface area contributed by atoms with Crippen molar-refractivity contribution in [2.45, 2.75) is 70.8 Å². The molecule has 0 aliphatic carbocycles. The molecule has 0 amide bonds. The molecule has 1 unspecified atom stereocenters. The third kappa shape index (κ3) is 4.65. The maximum atomic E-state index is 9.65. The molecule has 2 aliphatic rings. The van der Waals surface area contributed by atoms with Gasteiger partial charge < -0.3 is 9.15 Å². The molecule has 0 spiro atoms. The number of likely N-dealkylation sites (tertiary alicyclic amines) is 1. The smallest absolute Gasteiger partial charge is 0.121 e. The highest BCUT2D eigenvalue weighted by Gasteiger charge is 2.33. The van der Waals surface area contributed by atoms with Crippen LogP contribution in [0.25, 0.3) is 0 Å². The molecule has 1 atom stereocenters. The third-order valence-electron chi connectivity index (χ3n) is 6.01. The Morgan fingerprint density at radius 2 is 2.08 bits per heavy atom. The van der Waals surface area contributed by atoms with Crippen LogP contribution in [-0.2, 0) is 11.2 Å². The van der Waals surface area contributed by atoms with Crippen molar-refractivity contribution in [2.75, 3.05) is 26.3 Å². The van der Waals surface area contributed by atoms with E-state index in [1.54, 1.807) is 0 Å². The lowest BCUT2D eigenvalue weighted by Crippen LogP contribution is -2.32. The summed E-state index contributed by atoms with van der Waals surface area (Å²) >= 11 is 0. The van der Waals surface area contributed by atoms with Gasteiger partial charge in [-0.1, -0.05) is 19.8 Å². The predicted molar refractivity (Wildman–Crippen MR) is 98.2 cm³/mol. The SMILES string of the molecule is CCc1ccc(C2CCCCCN2CCCC2(C#N)CCOCC2)o1. The topological polar surface area (TPSA) is 49.4 Å². The van der Waals surface area contributed by atoms with Crippen LogP contribution >= 0.6 is 0 Å². The minimum Gasteiger partial charge on any atom is -0.464 e. The summed E-state index contributed by atoms with van der Waals surface area (Å²) in [6.07, 6.45) is 9.88. The fraction of sp³-hybridized carbons (Fsp3) is 0.762. The highest BCUT2D eigenvalue weighted by Crippen LogP contribution is 2.36. The second-order valence-corrected chi connectivity index (χ2v) is 7.67. The van der Waals surface area contributed by atoms with Crippen molar-refractivity contribution in [3.8, 4) is 6.07 Å². The summed E-state index contributed by atoms with van der Waals surface area (Å²) in [5, 5.41) is 9.65. The van der Waals surface area contributed by atoms with Crippen LogP contribution in [0.1, 0.15) is 75.9 Å². The van der Waals surface area contributed by atoms with E-state index < -0.39 is 0 Å². The van der Waals surface area contributed by atoms with Crippen molar-refractivity contribution >= 4 is 0 Å². The van der Waals surface area contributed by atoms with Gasteiger partial charge in [0.15, 0.2) is 0 Å². The molecule has 2 aliphatic heterocycles. The molecule has 1 aromatic heterocycles. The fourth-order valence-corrected chi connectivity index (χ4v) is 4.32. The Bertz CT molecular complexity index is 569. The minimum absolute atomic E-state index is 0.153. The van der Waals surface area contributed by atoms with Gasteiger partial charge in [-0.15, -0.1) is 0 Å². The first-order chi connectivity index (χ1) is 12.3. The first kappa shape index (κ1) is 18.5. The number of nitriles is 1. The second kappa shape index (κ2) is 8.87. The van der Waals surface area contributed by atoms with Gasteiger partial charge in [0.05, 0.1) is 17.5 Å². The molecule has 2 saturated heterocycles. The van der Waals surface area contributed by atoms with Gasteiger partial charge in [-0.05, 0) is 63.7 Å². The molecule has 138 valence electrons. The van der Waals surface area contributed by atoms with Crippen LogP contribution in [0.15, 0.2) is 16.5 Å². The Hall–Kier alpha value is -1.31. The summed E-state index contributed by atoms with van der Waals surface area (Å²) in [5.41, 5.74) is -0.153. The number of nitrogens with zero attached hydrogens (tertiary/aromatic N) is 2. The average molecular weight is 344 g/mol. The molecule has 4 heteroatoms. The van der Waals surface area contributed by atoms with Crippen molar-refractivity contribution < 1.29 is 9.15 Å². The zero-order valence-electron chi connectivity index (χ0n) is 15.6. The van der Waals surface area contributed by atoms with E-state index in [2.05, 4.69) is 30.0 Å². The third-order valence-corrected chi connectivity index (χ3v) is 6.01. The highest BCUT2D eigenvalue weighted by molar-refractivity contribution is 5.11. The van der Waals surface area contributed by atoms with Crippen molar-refractivity contribution in [1.29, 1.82) is 5.26 Å². The van der Waals surface area contributed by atoms with E-state index in [-0.39, 0.29) is 5.41 Å². The first-order valence-electron chi connectivity index (χ1n) is 10.1. The van der Waals surface area contributed by atoms with Gasteiger partial charge in [-0.25, -0.2) is 0 Å². The Morgan fingerprint density at radius 3 is 2.80 bits per heavy atom. The fourth-order valence-electron chi connectivity index (χ4n) is 4.32. The van der Waals surface area contributed by atoms with Crippen molar-refractivity contribution in [2.24, 2.45) is 5.41 Å². The molecule has 4 nitrogen and oxygen atoms in total. The minimum atomic E-state index is -0.153. The van der Waals surface area contributed by atoms with E-state index in [1.165, 1.54) is 25.7 Å². The highest BCUT2D eigenvalue weighted by atomic mass is 16.5. The molecule has 0 bridgehead atoms. The van der Waals surface area contributed by atoms with E-state index in [4.69, 9.17) is 9.15 Å². The molecule has 1 aromatic rings. The Labute approximate surface area is 152 Å². The molecule has 2 fully saturated rings. The number of ether oxygens (including phenoxy) is 1. The van der Waals surface area contributed by atoms with E-state index >= 15 is 0 Å². The zero-order chi connectivity index (χ0) is 17.5. The van der Waals surface area contributed by atoms with Crippen LogP contribution in [0.2, 0.25) is 0 Å². The van der Waals surface area contributed by atoms with Gasteiger partial charge in [0.25, 0.3) is 0 Å². The Morgan fingerprint density at radius 1 is 1.24 bits per heavy atom. The van der Waals surface area contributed by atoms with Gasteiger partial charge in [0.1, 0.15) is 11.5 Å². The standard InChI is InChI=1S/C21H32N2O2/c1-2-18-8-9-20(25-18)19-7-4-3-5-13-23(19)14-6-10-21(17-22)11-15-24-16-12-21/h8-9,19H,2-7,10-16H2,1H3. The number of hydrogen-bond donors (Lipinski definition) is 0. The van der Waals surface area contributed by atoms with E-state index in [1.807, 2.05) is 0 Å². The summed E-state index contributed by atoms with van der Waals surface area (Å²) in [4.78, 5) is 2.61. The Kier molecular flexibility index (Phi) is 6.56. The van der Waals surface area contributed by atoms with E-state index in [0.717, 1.165) is 69.9 Å². The molecular weight excluding hydrogens is 312 g/mol. The quantitative estimate of drug-likeness (QED) is 0.739. The summed E-state index contributed by atoms with van der Waals surface area (Å²) < 4.78 is 11.5. The van der Waals surface area contributed by atoms with Crippen molar-refractivity contribution in [3.63, 3.8) is 0 Å². The lowest BCUT2D eigenvalue weighted by atomic mass is 9.78. The summed E-state index contributed by atoms with van der Waals surface area (Å²) in [6.45, 7) is 5.84. The normalized spacial score (nSPS) is 24.6. The maximum Gasteiger partial charge on any atom is 0.121 e. The van der Waals surface area contributed by atoms with Gasteiger partial charge >= 0.3 is 0 Å². The molecule has 0 radical (unpaired) electrons. The second-order valence-electron chi connectivity index (χ2n) is 7.67. The van der Waals surface area contributed by atoms with Crippen LogP contribution in [0.4, 0.5) is 0 Å². The van der Waals surface area contributed by atoms with E-state index in [9.17, 15) is 5.26 Å². The summed E-state index contributed by atoms with van der Waals surface area (Å²) in [6, 6.07) is 7.32. The molecule has 3 heterocycles. The number of hydrogen-bond acceptors (Lipinski definition) is 4. The van der Waals surface area contributed by atoms with Crippen LogP contribution in [0, 0.1) is 16.7 Å². The van der Waals surface area contributed by atoms with Gasteiger partial charge in [0.2, 0.25) is 0 Å². The maximum absolute atomic E-state index is 9.65. The average Bonchev–Trinajstić information content (AvgIpc) is 3.01. The zero-order valence-corrected chi connectivity index (χ0v) is 15.6. The summed E-state index contributed by atoms with van der Waals surface area (Å²) in [7, 11) is 0. The molecular formula is C21H32N2O2. The van der Waals surface area contributed by atoms with Crippen LogP contribution in [0.3, 0.4) is 0 Å². The van der Waals surface area contributed by atoms with Crippen LogP contribution in [0.5, 0.6) is 0 Å². The predicted octanol–water partition coefficient (Wildman–Crippen LogP) is 4.86. The van der Waals surface area contributed by atoms with Crippen LogP contribution in [-0.4, -0.2) is 31.2 Å². The van der Waals surface area contributed by atoms with Crippen molar-refractivity contribution in [1.82, 2.24) is 4.90 Å². The van der Waals surface area contributed by atoms with Gasteiger partial charge in [-0.2, -0.15) is 5.26 Å². The first-order valence-corrected chi connectivity index (χ1v) is 10.1. The summed E-state index contributed by atoms with van der Waals surface area (Å²) in [5.74, 6) is 2.23.